The first-order valence-corrected chi connectivity index (χ1v) is 6.30. The predicted octanol–water partition coefficient (Wildman–Crippen LogP) is 2.03. The molecule has 6 heteroatoms. The molecule has 0 aliphatic heterocycles. The van der Waals surface area contributed by atoms with Crippen LogP contribution in [0.3, 0.4) is 0 Å². The van der Waals surface area contributed by atoms with E-state index in [1.54, 1.807) is 0 Å². The average molecular weight is 322 g/mol. The Bertz CT molecular complexity index is 361. The Labute approximate surface area is 134 Å². The summed E-state index contributed by atoms with van der Waals surface area (Å²) >= 11 is 0. The van der Waals surface area contributed by atoms with Crippen molar-refractivity contribution in [1.29, 1.82) is 0 Å². The zero-order chi connectivity index (χ0) is 13.4. The highest BCUT2D eigenvalue weighted by Gasteiger charge is 2.14. The van der Waals surface area contributed by atoms with Crippen molar-refractivity contribution in [3.63, 3.8) is 0 Å². The molecule has 0 fully saturated rings. The zero-order valence-electron chi connectivity index (χ0n) is 12.3. The molecule has 0 aliphatic rings. The zero-order valence-corrected chi connectivity index (χ0v) is 14.0. The lowest BCUT2D eigenvalue weighted by Crippen LogP contribution is -2.37. The van der Waals surface area contributed by atoms with Crippen LogP contribution < -0.4 is 10.2 Å². The number of carbonyl (C=O) groups excluding carboxylic acids is 1. The number of amides is 1. The smallest absolute Gasteiger partial charge is 0.228 e. The number of carbonyl (C=O) groups is 1. The molecule has 0 atom stereocenters. The molecule has 0 saturated heterocycles. The third-order valence-electron chi connectivity index (χ3n) is 2.73. The van der Waals surface area contributed by atoms with Gasteiger partial charge in [0.25, 0.3) is 0 Å². The topological polar surface area (TPSA) is 35.6 Å². The molecule has 1 amide bonds. The highest BCUT2D eigenvalue weighted by molar-refractivity contribution is 5.93. The maximum Gasteiger partial charge on any atom is 0.228 e. The molecule has 116 valence electrons. The third-order valence-corrected chi connectivity index (χ3v) is 2.73. The Kier molecular flexibility index (Phi) is 12.9. The van der Waals surface area contributed by atoms with Crippen molar-refractivity contribution in [2.75, 3.05) is 45.7 Å². The van der Waals surface area contributed by atoms with E-state index in [4.69, 9.17) is 0 Å². The molecule has 0 saturated carbocycles. The van der Waals surface area contributed by atoms with Crippen molar-refractivity contribution in [3.05, 3.63) is 30.3 Å². The summed E-state index contributed by atoms with van der Waals surface area (Å²) in [5, 5.41) is 3.01. The standard InChI is InChI=1S/C14H23N3O.2ClH/c1-15-10-9-14(18)17(12-11-16(2)3)13-7-5-4-6-8-13;;/h4-8,15H,9-12H2,1-3H3;2*1H. The number of nitrogens with zero attached hydrogens (tertiary/aromatic N) is 2. The van der Waals surface area contributed by atoms with Crippen LogP contribution in [0.4, 0.5) is 5.69 Å². The average Bonchev–Trinajstić information content (AvgIpc) is 2.37. The van der Waals surface area contributed by atoms with Gasteiger partial charge < -0.3 is 15.1 Å². The second-order valence-electron chi connectivity index (χ2n) is 4.54. The number of rotatable bonds is 7. The number of hydrogen-bond donors (Lipinski definition) is 1. The largest absolute Gasteiger partial charge is 0.319 e. The van der Waals surface area contributed by atoms with Gasteiger partial charge in [-0.05, 0) is 33.3 Å². The Morgan fingerprint density at radius 3 is 2.20 bits per heavy atom. The van der Waals surface area contributed by atoms with Crippen LogP contribution in [0.2, 0.25) is 0 Å². The fourth-order valence-corrected chi connectivity index (χ4v) is 1.67. The van der Waals surface area contributed by atoms with Gasteiger partial charge in [-0.1, -0.05) is 18.2 Å². The van der Waals surface area contributed by atoms with Crippen molar-refractivity contribution < 1.29 is 4.79 Å². The molecule has 0 aromatic heterocycles. The van der Waals surface area contributed by atoms with Gasteiger partial charge >= 0.3 is 0 Å². The van der Waals surface area contributed by atoms with Crippen molar-refractivity contribution in [2.45, 2.75) is 6.42 Å². The third kappa shape index (κ3) is 7.70. The van der Waals surface area contributed by atoms with E-state index < -0.39 is 0 Å². The summed E-state index contributed by atoms with van der Waals surface area (Å²) in [5.41, 5.74) is 0.973. The predicted molar refractivity (Wildman–Crippen MR) is 90.4 cm³/mol. The number of halogens is 2. The highest BCUT2D eigenvalue weighted by atomic mass is 35.5. The van der Waals surface area contributed by atoms with Crippen molar-refractivity contribution in [3.8, 4) is 0 Å². The summed E-state index contributed by atoms with van der Waals surface area (Å²) in [4.78, 5) is 16.1. The molecule has 0 aliphatic carbocycles. The molecular formula is C14H25Cl2N3O. The lowest BCUT2D eigenvalue weighted by Gasteiger charge is -2.24. The van der Waals surface area contributed by atoms with Crippen molar-refractivity contribution in [2.24, 2.45) is 0 Å². The molecule has 1 aromatic carbocycles. The van der Waals surface area contributed by atoms with Gasteiger partial charge in [-0.25, -0.2) is 0 Å². The van der Waals surface area contributed by atoms with Crippen LogP contribution in [0.1, 0.15) is 6.42 Å². The molecule has 0 bridgehead atoms. The van der Waals surface area contributed by atoms with E-state index in [9.17, 15) is 4.79 Å². The van der Waals surface area contributed by atoms with Crippen molar-refractivity contribution in [1.82, 2.24) is 10.2 Å². The molecule has 0 heterocycles. The van der Waals surface area contributed by atoms with Gasteiger partial charge in [0.2, 0.25) is 5.91 Å². The van der Waals surface area contributed by atoms with Gasteiger partial charge in [0, 0.05) is 31.7 Å². The Morgan fingerprint density at radius 1 is 1.10 bits per heavy atom. The maximum absolute atomic E-state index is 12.2. The fraction of sp³-hybridized carbons (Fsp3) is 0.500. The Balaban J connectivity index is 0. The number of para-hydroxylation sites is 1. The van der Waals surface area contributed by atoms with E-state index in [0.29, 0.717) is 13.0 Å². The normalized spacial score (nSPS) is 9.60. The minimum Gasteiger partial charge on any atom is -0.319 e. The van der Waals surface area contributed by atoms with Crippen molar-refractivity contribution >= 4 is 36.4 Å². The first-order valence-electron chi connectivity index (χ1n) is 6.30. The molecule has 0 unspecified atom stereocenters. The van der Waals surface area contributed by atoms with E-state index in [1.807, 2.05) is 56.4 Å². The first-order chi connectivity index (χ1) is 8.65. The lowest BCUT2D eigenvalue weighted by atomic mass is 10.2. The van der Waals surface area contributed by atoms with Crippen LogP contribution >= 0.6 is 24.8 Å². The summed E-state index contributed by atoms with van der Waals surface area (Å²) in [5.74, 6) is 0.164. The Hall–Kier alpha value is -0.810. The summed E-state index contributed by atoms with van der Waals surface area (Å²) < 4.78 is 0. The second kappa shape index (κ2) is 12.0. The molecular weight excluding hydrogens is 297 g/mol. The SMILES string of the molecule is CNCCC(=O)N(CCN(C)C)c1ccccc1.Cl.Cl. The van der Waals surface area contributed by atoms with Crippen LogP contribution in [0, 0.1) is 0 Å². The summed E-state index contributed by atoms with van der Waals surface area (Å²) in [7, 11) is 5.89. The number of hydrogen-bond acceptors (Lipinski definition) is 3. The van der Waals surface area contributed by atoms with Gasteiger partial charge in [0.15, 0.2) is 0 Å². The van der Waals surface area contributed by atoms with Crippen LogP contribution in [-0.4, -0.2) is 51.6 Å². The molecule has 1 aromatic rings. The number of benzene rings is 1. The van der Waals surface area contributed by atoms with E-state index in [0.717, 1.165) is 18.8 Å². The van der Waals surface area contributed by atoms with Crippen LogP contribution in [-0.2, 0) is 4.79 Å². The number of nitrogens with one attached hydrogen (secondary N) is 1. The highest BCUT2D eigenvalue weighted by Crippen LogP contribution is 2.14. The quantitative estimate of drug-likeness (QED) is 0.834. The van der Waals surface area contributed by atoms with Crippen LogP contribution in [0.15, 0.2) is 30.3 Å². The van der Waals surface area contributed by atoms with E-state index in [1.165, 1.54) is 0 Å². The summed E-state index contributed by atoms with van der Waals surface area (Å²) in [6.07, 6.45) is 0.527. The first kappa shape index (κ1) is 21.5. The summed E-state index contributed by atoms with van der Waals surface area (Å²) in [6.45, 7) is 2.30. The molecule has 1 rings (SSSR count). The fourth-order valence-electron chi connectivity index (χ4n) is 1.67. The van der Waals surface area contributed by atoms with Gasteiger partial charge in [-0.15, -0.1) is 24.8 Å². The number of anilines is 1. The van der Waals surface area contributed by atoms with Gasteiger partial charge in [0.05, 0.1) is 0 Å². The minimum atomic E-state index is 0. The monoisotopic (exact) mass is 321 g/mol. The van der Waals surface area contributed by atoms with Gasteiger partial charge in [-0.3, -0.25) is 4.79 Å². The summed E-state index contributed by atoms with van der Waals surface area (Å²) in [6, 6.07) is 9.85. The second-order valence-corrected chi connectivity index (χ2v) is 4.54. The molecule has 1 N–H and O–H groups in total. The lowest BCUT2D eigenvalue weighted by molar-refractivity contribution is -0.118. The van der Waals surface area contributed by atoms with E-state index in [-0.39, 0.29) is 30.7 Å². The van der Waals surface area contributed by atoms with Crippen LogP contribution in [0.25, 0.3) is 0 Å². The molecule has 0 spiro atoms. The molecule has 0 radical (unpaired) electrons. The van der Waals surface area contributed by atoms with E-state index >= 15 is 0 Å². The number of likely N-dealkylation sites (N-methyl/N-ethyl adjacent to an activating group) is 1. The molecule has 4 nitrogen and oxygen atoms in total. The van der Waals surface area contributed by atoms with E-state index in [2.05, 4.69) is 10.2 Å². The van der Waals surface area contributed by atoms with Gasteiger partial charge in [-0.2, -0.15) is 0 Å². The maximum atomic E-state index is 12.2. The minimum absolute atomic E-state index is 0. The van der Waals surface area contributed by atoms with Crippen LogP contribution in [0.5, 0.6) is 0 Å². The Morgan fingerprint density at radius 2 is 1.70 bits per heavy atom. The van der Waals surface area contributed by atoms with Gasteiger partial charge in [0.1, 0.15) is 0 Å². The molecule has 20 heavy (non-hydrogen) atoms.